The van der Waals surface area contributed by atoms with Crippen molar-refractivity contribution in [2.45, 2.75) is 6.92 Å². The summed E-state index contributed by atoms with van der Waals surface area (Å²) < 4.78 is 0. The van der Waals surface area contributed by atoms with Gasteiger partial charge >= 0.3 is 0 Å². The largest absolute Gasteiger partial charge is 0.386 e. The first-order chi connectivity index (χ1) is 7.31. The standard InChI is InChI=1S/C12H19N3/c1-10-3-4-12(11(9-10)13-2)15-7-5-14-6-8-15/h3-4,9,13-14H,5-8H2,1-2H3. The van der Waals surface area contributed by atoms with E-state index in [0.717, 1.165) is 26.2 Å². The van der Waals surface area contributed by atoms with Crippen LogP contribution in [0, 0.1) is 6.92 Å². The van der Waals surface area contributed by atoms with Crippen molar-refractivity contribution in [1.82, 2.24) is 5.32 Å². The van der Waals surface area contributed by atoms with E-state index in [0.29, 0.717) is 0 Å². The molecule has 1 fully saturated rings. The number of nitrogens with one attached hydrogen (secondary N) is 2. The Morgan fingerprint density at radius 3 is 2.67 bits per heavy atom. The summed E-state index contributed by atoms with van der Waals surface area (Å²) >= 11 is 0. The number of benzene rings is 1. The van der Waals surface area contributed by atoms with Crippen LogP contribution < -0.4 is 15.5 Å². The van der Waals surface area contributed by atoms with Gasteiger partial charge in [0.25, 0.3) is 0 Å². The van der Waals surface area contributed by atoms with Gasteiger partial charge in [-0.15, -0.1) is 0 Å². The van der Waals surface area contributed by atoms with Crippen LogP contribution >= 0.6 is 0 Å². The predicted molar refractivity (Wildman–Crippen MR) is 65.8 cm³/mol. The third-order valence-electron chi connectivity index (χ3n) is 2.88. The Morgan fingerprint density at radius 2 is 2.00 bits per heavy atom. The molecule has 1 aromatic rings. The molecule has 1 saturated heterocycles. The lowest BCUT2D eigenvalue weighted by atomic mass is 10.1. The van der Waals surface area contributed by atoms with Crippen LogP contribution in [0.5, 0.6) is 0 Å². The van der Waals surface area contributed by atoms with E-state index >= 15 is 0 Å². The molecule has 0 aromatic heterocycles. The number of anilines is 2. The van der Waals surface area contributed by atoms with Crippen LogP contribution in [-0.2, 0) is 0 Å². The van der Waals surface area contributed by atoms with Crippen molar-refractivity contribution in [2.75, 3.05) is 43.4 Å². The van der Waals surface area contributed by atoms with Crippen molar-refractivity contribution in [2.24, 2.45) is 0 Å². The van der Waals surface area contributed by atoms with Crippen LogP contribution in [0.4, 0.5) is 11.4 Å². The fraction of sp³-hybridized carbons (Fsp3) is 0.500. The molecule has 1 aliphatic heterocycles. The maximum atomic E-state index is 3.37. The minimum absolute atomic E-state index is 1.08. The molecule has 0 aliphatic carbocycles. The fourth-order valence-corrected chi connectivity index (χ4v) is 2.03. The summed E-state index contributed by atoms with van der Waals surface area (Å²) in [6.45, 7) is 6.48. The third-order valence-corrected chi connectivity index (χ3v) is 2.88. The summed E-state index contributed by atoms with van der Waals surface area (Å²) in [5, 5.41) is 6.64. The molecule has 2 N–H and O–H groups in total. The van der Waals surface area contributed by atoms with Crippen molar-refractivity contribution in [3.05, 3.63) is 23.8 Å². The zero-order valence-electron chi connectivity index (χ0n) is 9.51. The first-order valence-electron chi connectivity index (χ1n) is 5.55. The summed E-state index contributed by atoms with van der Waals surface area (Å²) in [7, 11) is 1.99. The molecule has 0 radical (unpaired) electrons. The Labute approximate surface area is 91.5 Å². The number of hydrogen-bond acceptors (Lipinski definition) is 3. The Hall–Kier alpha value is -1.22. The lowest BCUT2D eigenvalue weighted by Gasteiger charge is -2.31. The summed E-state index contributed by atoms with van der Waals surface area (Å²) in [4.78, 5) is 2.43. The molecule has 1 aliphatic rings. The molecule has 82 valence electrons. The van der Waals surface area contributed by atoms with Crippen LogP contribution in [0.3, 0.4) is 0 Å². The number of piperazine rings is 1. The van der Waals surface area contributed by atoms with Crippen molar-refractivity contribution in [1.29, 1.82) is 0 Å². The summed E-state index contributed by atoms with van der Waals surface area (Å²) in [5.74, 6) is 0. The lowest BCUT2D eigenvalue weighted by Crippen LogP contribution is -2.43. The van der Waals surface area contributed by atoms with E-state index < -0.39 is 0 Å². The predicted octanol–water partition coefficient (Wildman–Crippen LogP) is 1.45. The highest BCUT2D eigenvalue weighted by Gasteiger charge is 2.13. The van der Waals surface area contributed by atoms with Crippen LogP contribution in [0.25, 0.3) is 0 Å². The fourth-order valence-electron chi connectivity index (χ4n) is 2.03. The van der Waals surface area contributed by atoms with Gasteiger partial charge in [-0.25, -0.2) is 0 Å². The maximum Gasteiger partial charge on any atom is 0.0603 e. The van der Waals surface area contributed by atoms with Crippen LogP contribution in [0.15, 0.2) is 18.2 Å². The Balaban J connectivity index is 2.25. The lowest BCUT2D eigenvalue weighted by molar-refractivity contribution is 0.589. The highest BCUT2D eigenvalue weighted by molar-refractivity contribution is 5.71. The van der Waals surface area contributed by atoms with Crippen LogP contribution in [0.1, 0.15) is 5.56 Å². The van der Waals surface area contributed by atoms with Crippen molar-refractivity contribution >= 4 is 11.4 Å². The molecule has 0 bridgehead atoms. The zero-order valence-corrected chi connectivity index (χ0v) is 9.51. The molecule has 3 heteroatoms. The van der Waals surface area contributed by atoms with Crippen molar-refractivity contribution < 1.29 is 0 Å². The van der Waals surface area contributed by atoms with Gasteiger partial charge in [0, 0.05) is 33.2 Å². The summed E-state index contributed by atoms with van der Waals surface area (Å²) in [6, 6.07) is 6.60. The normalized spacial score (nSPS) is 16.5. The Bertz CT molecular complexity index is 330. The molecule has 3 nitrogen and oxygen atoms in total. The maximum absolute atomic E-state index is 3.37. The monoisotopic (exact) mass is 205 g/mol. The highest BCUT2D eigenvalue weighted by Crippen LogP contribution is 2.26. The smallest absolute Gasteiger partial charge is 0.0603 e. The number of hydrogen-bond donors (Lipinski definition) is 2. The van der Waals surface area contributed by atoms with Gasteiger partial charge in [0.05, 0.1) is 11.4 Å². The number of aryl methyl sites for hydroxylation is 1. The summed E-state index contributed by atoms with van der Waals surface area (Å²) in [6.07, 6.45) is 0. The van der Waals surface area contributed by atoms with Gasteiger partial charge in [-0.3, -0.25) is 0 Å². The van der Waals surface area contributed by atoms with Crippen LogP contribution in [-0.4, -0.2) is 33.2 Å². The first kappa shape index (κ1) is 10.3. The average Bonchev–Trinajstić information content (AvgIpc) is 2.30. The highest BCUT2D eigenvalue weighted by atomic mass is 15.2. The van der Waals surface area contributed by atoms with E-state index in [9.17, 15) is 0 Å². The van der Waals surface area contributed by atoms with Gasteiger partial charge in [-0.05, 0) is 24.6 Å². The van der Waals surface area contributed by atoms with E-state index in [1.807, 2.05) is 7.05 Å². The van der Waals surface area contributed by atoms with E-state index in [1.165, 1.54) is 16.9 Å². The summed E-state index contributed by atoms with van der Waals surface area (Å²) in [5.41, 5.74) is 3.86. The first-order valence-corrected chi connectivity index (χ1v) is 5.55. The van der Waals surface area contributed by atoms with Crippen LogP contribution in [0.2, 0.25) is 0 Å². The van der Waals surface area contributed by atoms with Crippen molar-refractivity contribution in [3.8, 4) is 0 Å². The van der Waals surface area contributed by atoms with Gasteiger partial charge in [-0.1, -0.05) is 6.07 Å². The second kappa shape index (κ2) is 4.53. The molecule has 0 unspecified atom stereocenters. The van der Waals surface area contributed by atoms with Gasteiger partial charge in [0.1, 0.15) is 0 Å². The number of rotatable bonds is 2. The van der Waals surface area contributed by atoms with E-state index in [1.54, 1.807) is 0 Å². The van der Waals surface area contributed by atoms with Gasteiger partial charge in [0.15, 0.2) is 0 Å². The molecular weight excluding hydrogens is 186 g/mol. The molecule has 0 saturated carbocycles. The quantitative estimate of drug-likeness (QED) is 0.765. The molecule has 0 amide bonds. The zero-order chi connectivity index (χ0) is 10.7. The molecule has 2 rings (SSSR count). The Morgan fingerprint density at radius 1 is 1.27 bits per heavy atom. The second-order valence-electron chi connectivity index (χ2n) is 4.01. The molecule has 0 spiro atoms. The topological polar surface area (TPSA) is 27.3 Å². The average molecular weight is 205 g/mol. The molecule has 1 heterocycles. The van der Waals surface area contributed by atoms with E-state index in [2.05, 4.69) is 40.7 Å². The van der Waals surface area contributed by atoms with Gasteiger partial charge in [0.2, 0.25) is 0 Å². The SMILES string of the molecule is CNc1cc(C)ccc1N1CCNCC1. The molecule has 15 heavy (non-hydrogen) atoms. The third kappa shape index (κ3) is 2.23. The molecular formula is C12H19N3. The van der Waals surface area contributed by atoms with E-state index in [-0.39, 0.29) is 0 Å². The van der Waals surface area contributed by atoms with Gasteiger partial charge in [-0.2, -0.15) is 0 Å². The second-order valence-corrected chi connectivity index (χ2v) is 4.01. The Kier molecular flexibility index (Phi) is 3.11. The number of nitrogens with zero attached hydrogens (tertiary/aromatic N) is 1. The molecule has 1 aromatic carbocycles. The molecule has 0 atom stereocenters. The minimum atomic E-state index is 1.08. The minimum Gasteiger partial charge on any atom is -0.386 e. The van der Waals surface area contributed by atoms with Gasteiger partial charge < -0.3 is 15.5 Å². The van der Waals surface area contributed by atoms with E-state index in [4.69, 9.17) is 0 Å². The van der Waals surface area contributed by atoms with Crippen molar-refractivity contribution in [3.63, 3.8) is 0 Å².